The summed E-state index contributed by atoms with van der Waals surface area (Å²) in [6.07, 6.45) is 7.22. The molecule has 25 heavy (non-hydrogen) atoms. The van der Waals surface area contributed by atoms with Crippen molar-refractivity contribution in [3.05, 3.63) is 46.8 Å². The maximum atomic E-state index is 12.1. The van der Waals surface area contributed by atoms with Gasteiger partial charge in [0.25, 0.3) is 5.91 Å². The molecule has 1 amide bonds. The third-order valence-corrected chi connectivity index (χ3v) is 5.26. The average Bonchev–Trinajstić information content (AvgIpc) is 3.31. The quantitative estimate of drug-likeness (QED) is 0.706. The molecule has 4 rings (SSSR count). The summed E-state index contributed by atoms with van der Waals surface area (Å²) in [5.74, 6) is -0.0391. The Balaban J connectivity index is 1.72. The lowest BCUT2D eigenvalue weighted by molar-refractivity contribution is 0.0951. The topological polar surface area (TPSA) is 76.4 Å². The number of carbonyl (C=O) groups excluding carboxylic acids is 1. The van der Waals surface area contributed by atoms with Gasteiger partial charge in [-0.05, 0) is 40.9 Å². The highest BCUT2D eigenvalue weighted by Crippen LogP contribution is 2.25. The van der Waals surface area contributed by atoms with Gasteiger partial charge in [0, 0.05) is 29.6 Å². The highest BCUT2D eigenvalue weighted by Gasteiger charge is 2.23. The molecular formula is C17H15BrN4O2S. The van der Waals surface area contributed by atoms with Crippen LogP contribution < -0.4 is 5.32 Å². The Morgan fingerprint density at radius 3 is 2.68 bits per heavy atom. The van der Waals surface area contributed by atoms with Crippen molar-refractivity contribution in [3.8, 4) is 11.3 Å². The molecule has 0 radical (unpaired) electrons. The highest BCUT2D eigenvalue weighted by molar-refractivity contribution is 9.10. The third kappa shape index (κ3) is 3.23. The molecule has 1 unspecified atom stereocenters. The van der Waals surface area contributed by atoms with E-state index in [0.29, 0.717) is 26.9 Å². The molecule has 1 saturated carbocycles. The molecule has 0 bridgehead atoms. The van der Waals surface area contributed by atoms with E-state index >= 15 is 0 Å². The van der Waals surface area contributed by atoms with Gasteiger partial charge in [0.2, 0.25) is 0 Å². The first kappa shape index (κ1) is 16.4. The molecule has 128 valence electrons. The van der Waals surface area contributed by atoms with Crippen molar-refractivity contribution in [1.29, 1.82) is 0 Å². The molecule has 1 aromatic carbocycles. The SMILES string of the molecule is CS(=O)c1nc(Br)cn2c(-c3ccc(C(=O)NC4CC4)cc3)cnc12. The molecule has 1 atom stereocenters. The van der Waals surface area contributed by atoms with E-state index in [0.717, 1.165) is 24.1 Å². The minimum Gasteiger partial charge on any atom is -0.349 e. The first-order chi connectivity index (χ1) is 12.0. The van der Waals surface area contributed by atoms with Gasteiger partial charge in [0.15, 0.2) is 10.7 Å². The van der Waals surface area contributed by atoms with Crippen molar-refractivity contribution in [1.82, 2.24) is 19.7 Å². The number of hydrogen-bond donors (Lipinski definition) is 1. The fourth-order valence-electron chi connectivity index (χ4n) is 2.63. The first-order valence-corrected chi connectivity index (χ1v) is 10.2. The van der Waals surface area contributed by atoms with Crippen LogP contribution >= 0.6 is 15.9 Å². The Morgan fingerprint density at radius 1 is 1.32 bits per heavy atom. The molecule has 2 heterocycles. The van der Waals surface area contributed by atoms with Gasteiger partial charge in [-0.2, -0.15) is 0 Å². The summed E-state index contributed by atoms with van der Waals surface area (Å²) >= 11 is 3.36. The second kappa shape index (κ2) is 6.34. The maximum absolute atomic E-state index is 12.1. The van der Waals surface area contributed by atoms with Crippen molar-refractivity contribution >= 4 is 38.3 Å². The Hall–Kier alpha value is -2.06. The van der Waals surface area contributed by atoms with E-state index in [2.05, 4.69) is 31.2 Å². The Labute approximate surface area is 155 Å². The van der Waals surface area contributed by atoms with Crippen molar-refractivity contribution in [3.63, 3.8) is 0 Å². The Kier molecular flexibility index (Phi) is 4.16. The van der Waals surface area contributed by atoms with Crippen molar-refractivity contribution < 1.29 is 9.00 Å². The molecule has 6 nitrogen and oxygen atoms in total. The minimum absolute atomic E-state index is 0.0391. The standard InChI is InChI=1S/C17H15BrN4O2S/c1-25(24)17-15-19-8-13(22(15)9-14(18)21-17)10-2-4-11(5-3-10)16(23)20-12-6-7-12/h2-5,8-9,12H,6-7H2,1H3,(H,20,23). The molecule has 1 N–H and O–H groups in total. The third-order valence-electron chi connectivity index (χ3n) is 4.06. The summed E-state index contributed by atoms with van der Waals surface area (Å²) in [5.41, 5.74) is 2.97. The van der Waals surface area contributed by atoms with Crippen molar-refractivity contribution in [2.75, 3.05) is 6.26 Å². The van der Waals surface area contributed by atoms with E-state index in [9.17, 15) is 9.00 Å². The first-order valence-electron chi connectivity index (χ1n) is 7.81. The summed E-state index contributed by atoms with van der Waals surface area (Å²) < 4.78 is 14.3. The fourth-order valence-corrected chi connectivity index (χ4v) is 3.76. The van der Waals surface area contributed by atoms with Crippen LogP contribution in [0.2, 0.25) is 0 Å². The van der Waals surface area contributed by atoms with E-state index in [4.69, 9.17) is 0 Å². The van der Waals surface area contributed by atoms with Gasteiger partial charge in [-0.1, -0.05) is 12.1 Å². The number of aromatic nitrogens is 3. The molecule has 1 aliphatic rings. The molecule has 0 aliphatic heterocycles. The van der Waals surface area contributed by atoms with E-state index in [-0.39, 0.29) is 5.91 Å². The number of hydrogen-bond acceptors (Lipinski definition) is 4. The number of nitrogens with zero attached hydrogens (tertiary/aromatic N) is 3. The highest BCUT2D eigenvalue weighted by atomic mass is 79.9. The van der Waals surface area contributed by atoms with Gasteiger partial charge < -0.3 is 5.32 Å². The number of benzene rings is 1. The molecule has 2 aromatic heterocycles. The van der Waals surface area contributed by atoms with E-state index in [1.54, 1.807) is 18.6 Å². The summed E-state index contributed by atoms with van der Waals surface area (Å²) in [6, 6.07) is 7.73. The van der Waals surface area contributed by atoms with Gasteiger partial charge in [0.05, 0.1) is 22.7 Å². The lowest BCUT2D eigenvalue weighted by Gasteiger charge is -2.07. The molecule has 1 aliphatic carbocycles. The Bertz CT molecular complexity index is 996. The lowest BCUT2D eigenvalue weighted by Crippen LogP contribution is -2.25. The normalized spacial score (nSPS) is 15.3. The van der Waals surface area contributed by atoms with Gasteiger partial charge in [0.1, 0.15) is 4.60 Å². The summed E-state index contributed by atoms with van der Waals surface area (Å²) in [7, 11) is -1.24. The number of amides is 1. The zero-order valence-electron chi connectivity index (χ0n) is 13.4. The molecule has 1 fully saturated rings. The number of rotatable bonds is 4. The largest absolute Gasteiger partial charge is 0.349 e. The molecule has 3 aromatic rings. The molecule has 0 saturated heterocycles. The second-order valence-electron chi connectivity index (χ2n) is 5.99. The fraction of sp³-hybridized carbons (Fsp3) is 0.235. The molecule has 0 spiro atoms. The van der Waals surface area contributed by atoms with E-state index in [1.165, 1.54) is 0 Å². The van der Waals surface area contributed by atoms with Gasteiger partial charge in [-0.15, -0.1) is 0 Å². The van der Waals surface area contributed by atoms with Crippen LogP contribution in [0.25, 0.3) is 16.9 Å². The van der Waals surface area contributed by atoms with Gasteiger partial charge >= 0.3 is 0 Å². The number of halogens is 1. The monoisotopic (exact) mass is 418 g/mol. The maximum Gasteiger partial charge on any atom is 0.251 e. The number of imidazole rings is 1. The van der Waals surface area contributed by atoms with Crippen LogP contribution in [0.3, 0.4) is 0 Å². The summed E-state index contributed by atoms with van der Waals surface area (Å²) in [5, 5.41) is 3.41. The van der Waals surface area contributed by atoms with Gasteiger partial charge in [-0.3, -0.25) is 13.4 Å². The van der Waals surface area contributed by atoms with Crippen LogP contribution in [0.5, 0.6) is 0 Å². The lowest BCUT2D eigenvalue weighted by atomic mass is 10.1. The van der Waals surface area contributed by atoms with Crippen molar-refractivity contribution in [2.45, 2.75) is 23.9 Å². The summed E-state index contributed by atoms with van der Waals surface area (Å²) in [6.45, 7) is 0. The summed E-state index contributed by atoms with van der Waals surface area (Å²) in [4.78, 5) is 20.7. The smallest absolute Gasteiger partial charge is 0.251 e. The van der Waals surface area contributed by atoms with Crippen LogP contribution in [0.1, 0.15) is 23.2 Å². The zero-order valence-corrected chi connectivity index (χ0v) is 15.8. The van der Waals surface area contributed by atoms with Crippen LogP contribution in [0.15, 0.2) is 46.3 Å². The van der Waals surface area contributed by atoms with Gasteiger partial charge in [-0.25, -0.2) is 9.97 Å². The van der Waals surface area contributed by atoms with Crippen LogP contribution in [-0.2, 0) is 10.8 Å². The predicted molar refractivity (Wildman–Crippen MR) is 98.9 cm³/mol. The van der Waals surface area contributed by atoms with Crippen LogP contribution in [0.4, 0.5) is 0 Å². The van der Waals surface area contributed by atoms with Crippen LogP contribution in [-0.4, -0.2) is 36.8 Å². The predicted octanol–water partition coefficient (Wildman–Crippen LogP) is 2.79. The zero-order chi connectivity index (χ0) is 17.6. The van der Waals surface area contributed by atoms with Crippen LogP contribution in [0, 0.1) is 0 Å². The number of nitrogens with one attached hydrogen (secondary N) is 1. The molecule has 8 heteroatoms. The molecular weight excluding hydrogens is 404 g/mol. The number of fused-ring (bicyclic) bond motifs is 1. The minimum atomic E-state index is -1.24. The average molecular weight is 419 g/mol. The second-order valence-corrected chi connectivity index (χ2v) is 8.09. The van der Waals surface area contributed by atoms with Crippen molar-refractivity contribution in [2.24, 2.45) is 0 Å². The van der Waals surface area contributed by atoms with E-state index in [1.807, 2.05) is 28.7 Å². The van der Waals surface area contributed by atoms with E-state index < -0.39 is 10.8 Å². The Morgan fingerprint density at radius 2 is 2.04 bits per heavy atom. The number of carbonyl (C=O) groups is 1.